The van der Waals surface area contributed by atoms with Crippen LogP contribution in [0.1, 0.15) is 89.1 Å². The summed E-state index contributed by atoms with van der Waals surface area (Å²) in [4.78, 5) is 0. The Kier molecular flexibility index (Phi) is 8.07. The van der Waals surface area contributed by atoms with Gasteiger partial charge in [-0.2, -0.15) is 0 Å². The van der Waals surface area contributed by atoms with Crippen molar-refractivity contribution < 1.29 is 18.1 Å². The maximum absolute atomic E-state index is 12.5. The third-order valence-electron chi connectivity index (χ3n) is 6.63. The summed E-state index contributed by atoms with van der Waals surface area (Å²) >= 11 is 0. The molecule has 0 N–H and O–H groups in total. The van der Waals surface area contributed by atoms with Gasteiger partial charge in [0.15, 0.2) is 0 Å². The molecule has 0 bridgehead atoms. The Bertz CT molecular complexity index is 1020. The van der Waals surface area contributed by atoms with E-state index in [0.717, 1.165) is 11.1 Å². The summed E-state index contributed by atoms with van der Waals surface area (Å²) in [7, 11) is -3.50. The largest absolute Gasteiger partial charge is 0.475 e. The predicted octanol–water partition coefficient (Wildman–Crippen LogP) is 8.29. The number of benzene rings is 2. The minimum absolute atomic E-state index is 0.177. The SMILES string of the molecule is CCOP(=O)(OCC)OCc1ccc(/C=C(\C)c2ccc3c(c2)C(C)(C)CCC3(C)C)cc1. The molecule has 0 heterocycles. The molecule has 1 aliphatic rings. The van der Waals surface area contributed by atoms with Gasteiger partial charge >= 0.3 is 7.82 Å². The first-order valence-corrected chi connectivity index (χ1v) is 13.4. The molecule has 0 radical (unpaired) electrons. The van der Waals surface area contributed by atoms with Gasteiger partial charge in [0.1, 0.15) is 0 Å². The van der Waals surface area contributed by atoms with E-state index in [2.05, 4.69) is 71.0 Å². The van der Waals surface area contributed by atoms with Crippen LogP contribution in [-0.4, -0.2) is 13.2 Å². The Morgan fingerprint density at radius 3 is 2.03 bits per heavy atom. The molecular formula is C28H39O4P. The van der Waals surface area contributed by atoms with Crippen molar-refractivity contribution in [2.24, 2.45) is 0 Å². The van der Waals surface area contributed by atoms with Crippen LogP contribution in [0.5, 0.6) is 0 Å². The van der Waals surface area contributed by atoms with E-state index in [1.54, 1.807) is 13.8 Å². The van der Waals surface area contributed by atoms with Crippen LogP contribution in [0.3, 0.4) is 0 Å². The predicted molar refractivity (Wildman–Crippen MR) is 137 cm³/mol. The van der Waals surface area contributed by atoms with Gasteiger partial charge in [-0.15, -0.1) is 0 Å². The van der Waals surface area contributed by atoms with Crippen LogP contribution in [0, 0.1) is 0 Å². The maximum atomic E-state index is 12.5. The Hall–Kier alpha value is -1.71. The lowest BCUT2D eigenvalue weighted by Gasteiger charge is -2.42. The molecule has 0 aliphatic heterocycles. The van der Waals surface area contributed by atoms with Crippen LogP contribution < -0.4 is 0 Å². The van der Waals surface area contributed by atoms with Gasteiger partial charge in [0.2, 0.25) is 0 Å². The maximum Gasteiger partial charge on any atom is 0.475 e. The van der Waals surface area contributed by atoms with Crippen molar-refractivity contribution in [1.82, 2.24) is 0 Å². The smallest absolute Gasteiger partial charge is 0.287 e. The fourth-order valence-corrected chi connectivity index (χ4v) is 5.62. The summed E-state index contributed by atoms with van der Waals surface area (Å²) in [6.07, 6.45) is 4.64. The zero-order valence-electron chi connectivity index (χ0n) is 21.2. The first-order valence-electron chi connectivity index (χ1n) is 12.0. The van der Waals surface area contributed by atoms with Crippen molar-refractivity contribution >= 4 is 19.5 Å². The molecule has 3 rings (SSSR count). The molecule has 0 saturated carbocycles. The standard InChI is InChI=1S/C28H39O4P/c1-8-30-33(29,31-9-2)32-20-23-12-10-22(11-13-23)18-21(3)24-14-15-25-26(19-24)28(6,7)17-16-27(25,4)5/h10-15,18-19H,8-9,16-17,20H2,1-7H3/b21-18+. The fraction of sp³-hybridized carbons (Fsp3) is 0.500. The molecular weight excluding hydrogens is 431 g/mol. The number of hydrogen-bond acceptors (Lipinski definition) is 4. The molecule has 0 aromatic heterocycles. The quantitative estimate of drug-likeness (QED) is 0.273. The third-order valence-corrected chi connectivity index (χ3v) is 8.23. The Morgan fingerprint density at radius 1 is 0.879 bits per heavy atom. The number of fused-ring (bicyclic) bond motifs is 1. The molecule has 0 spiro atoms. The van der Waals surface area contributed by atoms with Gasteiger partial charge in [0.25, 0.3) is 0 Å². The topological polar surface area (TPSA) is 44.8 Å². The fourth-order valence-electron chi connectivity index (χ4n) is 4.46. The number of phosphoric acid groups is 1. The molecule has 0 saturated heterocycles. The monoisotopic (exact) mass is 470 g/mol. The van der Waals surface area contributed by atoms with Crippen LogP contribution in [0.15, 0.2) is 42.5 Å². The lowest BCUT2D eigenvalue weighted by atomic mass is 9.63. The van der Waals surface area contributed by atoms with E-state index in [4.69, 9.17) is 13.6 Å². The second-order valence-electron chi connectivity index (χ2n) is 10.2. The average molecular weight is 471 g/mol. The van der Waals surface area contributed by atoms with Crippen molar-refractivity contribution in [3.05, 3.63) is 70.3 Å². The number of rotatable bonds is 9. The average Bonchev–Trinajstić information content (AvgIpc) is 2.77. The van der Waals surface area contributed by atoms with Crippen molar-refractivity contribution in [1.29, 1.82) is 0 Å². The highest BCUT2D eigenvalue weighted by atomic mass is 31.2. The van der Waals surface area contributed by atoms with Gasteiger partial charge in [-0.05, 0) is 77.8 Å². The zero-order valence-corrected chi connectivity index (χ0v) is 22.1. The summed E-state index contributed by atoms with van der Waals surface area (Å²) < 4.78 is 28.3. The van der Waals surface area contributed by atoms with Gasteiger partial charge in [-0.3, -0.25) is 13.6 Å². The second kappa shape index (κ2) is 10.3. The second-order valence-corrected chi connectivity index (χ2v) is 11.8. The molecule has 0 fully saturated rings. The van der Waals surface area contributed by atoms with Crippen molar-refractivity contribution in [2.75, 3.05) is 13.2 Å². The van der Waals surface area contributed by atoms with Gasteiger partial charge in [-0.1, -0.05) is 76.2 Å². The lowest BCUT2D eigenvalue weighted by Crippen LogP contribution is -2.33. The molecule has 2 aromatic rings. The summed E-state index contributed by atoms with van der Waals surface area (Å²) in [5, 5.41) is 0. The normalized spacial score (nSPS) is 17.6. The Labute approximate surface area is 200 Å². The van der Waals surface area contributed by atoms with E-state index in [1.807, 2.05) is 12.1 Å². The summed E-state index contributed by atoms with van der Waals surface area (Å²) in [5.41, 5.74) is 7.92. The van der Waals surface area contributed by atoms with E-state index in [-0.39, 0.29) is 30.7 Å². The third kappa shape index (κ3) is 6.25. The van der Waals surface area contributed by atoms with Gasteiger partial charge in [-0.25, -0.2) is 4.57 Å². The summed E-state index contributed by atoms with van der Waals surface area (Å²) in [5.74, 6) is 0. The van der Waals surface area contributed by atoms with Crippen LogP contribution in [0.2, 0.25) is 0 Å². The Morgan fingerprint density at radius 2 is 1.45 bits per heavy atom. The molecule has 1 aliphatic carbocycles. The van der Waals surface area contributed by atoms with Gasteiger partial charge < -0.3 is 0 Å². The number of hydrogen-bond donors (Lipinski definition) is 0. The van der Waals surface area contributed by atoms with Crippen LogP contribution in [0.4, 0.5) is 0 Å². The Balaban J connectivity index is 1.76. The summed E-state index contributed by atoms with van der Waals surface area (Å²) in [6, 6.07) is 15.1. The van der Waals surface area contributed by atoms with Crippen LogP contribution >= 0.6 is 7.82 Å². The molecule has 2 aromatic carbocycles. The van der Waals surface area contributed by atoms with E-state index in [9.17, 15) is 4.57 Å². The van der Waals surface area contributed by atoms with Crippen molar-refractivity contribution in [2.45, 2.75) is 78.7 Å². The van der Waals surface area contributed by atoms with E-state index >= 15 is 0 Å². The van der Waals surface area contributed by atoms with Crippen molar-refractivity contribution in [3.63, 3.8) is 0 Å². The molecule has 33 heavy (non-hydrogen) atoms. The molecule has 4 nitrogen and oxygen atoms in total. The van der Waals surface area contributed by atoms with E-state index in [0.29, 0.717) is 0 Å². The minimum atomic E-state index is -3.50. The zero-order chi connectivity index (χ0) is 24.3. The van der Waals surface area contributed by atoms with Crippen molar-refractivity contribution in [3.8, 4) is 0 Å². The molecule has 180 valence electrons. The highest BCUT2D eigenvalue weighted by molar-refractivity contribution is 7.48. The number of allylic oxidation sites excluding steroid dienone is 1. The van der Waals surface area contributed by atoms with Gasteiger partial charge in [0.05, 0.1) is 19.8 Å². The summed E-state index contributed by atoms with van der Waals surface area (Å²) in [6.45, 7) is 15.9. The number of phosphoric ester groups is 1. The minimum Gasteiger partial charge on any atom is -0.287 e. The highest BCUT2D eigenvalue weighted by Crippen LogP contribution is 2.50. The van der Waals surface area contributed by atoms with Crippen LogP contribution in [-0.2, 0) is 35.6 Å². The molecule has 0 unspecified atom stereocenters. The molecule has 5 heteroatoms. The molecule has 0 amide bonds. The molecule has 0 atom stereocenters. The highest BCUT2D eigenvalue weighted by Gasteiger charge is 2.36. The lowest BCUT2D eigenvalue weighted by molar-refractivity contribution is 0.116. The van der Waals surface area contributed by atoms with Crippen LogP contribution in [0.25, 0.3) is 11.6 Å². The first kappa shape index (κ1) is 25.9. The van der Waals surface area contributed by atoms with E-state index in [1.165, 1.54) is 35.1 Å². The van der Waals surface area contributed by atoms with E-state index < -0.39 is 7.82 Å². The van der Waals surface area contributed by atoms with Gasteiger partial charge in [0, 0.05) is 0 Å². The first-order chi connectivity index (χ1) is 15.5.